The number of methoxy groups -OCH3 is 1. The molecule has 2 heterocycles. The van der Waals surface area contributed by atoms with Gasteiger partial charge in [-0.15, -0.1) is 0 Å². The number of fused-ring (bicyclic) bond motifs is 3. The fraction of sp³-hybridized carbons (Fsp3) is 0.474. The van der Waals surface area contributed by atoms with Crippen molar-refractivity contribution in [1.29, 1.82) is 0 Å². The van der Waals surface area contributed by atoms with Crippen molar-refractivity contribution in [3.8, 4) is 5.75 Å². The molecule has 7 nitrogen and oxygen atoms in total. The van der Waals surface area contributed by atoms with Crippen molar-refractivity contribution in [2.24, 2.45) is 17.8 Å². The standard InChI is InChI=1S/C19H22BNO6/c1-21-18(23)14-7-11(9-26-2)17-13(16(14)19(21)24)8-15(27-20(17)25)10-3-5-12(22)6-4-10/h3-6,13-16,22,25H,7-9H2,1-2H3/t13-,14-,15-,16+/m0/s1. The highest BCUT2D eigenvalue weighted by atomic mass is 16.5. The molecule has 1 aliphatic carbocycles. The number of carbonyl (C=O) groups is 2. The average Bonchev–Trinajstić information content (AvgIpc) is 2.86. The first-order valence-electron chi connectivity index (χ1n) is 9.07. The zero-order valence-corrected chi connectivity index (χ0v) is 15.3. The number of phenols is 1. The Kier molecular flexibility index (Phi) is 4.57. The van der Waals surface area contributed by atoms with Crippen LogP contribution in [0, 0.1) is 17.8 Å². The summed E-state index contributed by atoms with van der Waals surface area (Å²) < 4.78 is 11.1. The lowest BCUT2D eigenvalue weighted by Crippen LogP contribution is -2.45. The summed E-state index contributed by atoms with van der Waals surface area (Å²) in [4.78, 5) is 26.5. The normalized spacial score (nSPS) is 30.6. The van der Waals surface area contributed by atoms with Crippen LogP contribution >= 0.6 is 0 Å². The molecule has 0 spiro atoms. The molecule has 1 aromatic carbocycles. The van der Waals surface area contributed by atoms with Crippen molar-refractivity contribution in [3.63, 3.8) is 0 Å². The summed E-state index contributed by atoms with van der Waals surface area (Å²) in [5.41, 5.74) is 2.34. The first kappa shape index (κ1) is 18.2. The highest BCUT2D eigenvalue weighted by molar-refractivity contribution is 6.53. The zero-order chi connectivity index (χ0) is 19.3. The molecule has 2 fully saturated rings. The van der Waals surface area contributed by atoms with Crippen LogP contribution in [-0.2, 0) is 19.0 Å². The van der Waals surface area contributed by atoms with E-state index in [1.165, 1.54) is 11.9 Å². The summed E-state index contributed by atoms with van der Waals surface area (Å²) in [5.74, 6) is -1.38. The van der Waals surface area contributed by atoms with Gasteiger partial charge in [0.15, 0.2) is 0 Å². The Morgan fingerprint density at radius 1 is 1.22 bits per heavy atom. The minimum atomic E-state index is -1.15. The van der Waals surface area contributed by atoms with Gasteiger partial charge in [-0.25, -0.2) is 0 Å². The smallest absolute Gasteiger partial charge is 0.487 e. The molecule has 0 bridgehead atoms. The second-order valence-electron chi connectivity index (χ2n) is 7.47. The number of phenolic OH excluding ortho intramolecular Hbond substituents is 1. The van der Waals surface area contributed by atoms with Gasteiger partial charge < -0.3 is 19.5 Å². The third kappa shape index (κ3) is 2.88. The zero-order valence-electron chi connectivity index (χ0n) is 15.3. The van der Waals surface area contributed by atoms with Gasteiger partial charge in [-0.3, -0.25) is 14.5 Å². The van der Waals surface area contributed by atoms with Gasteiger partial charge in [-0.2, -0.15) is 0 Å². The Hall–Kier alpha value is -2.16. The van der Waals surface area contributed by atoms with Crippen molar-refractivity contribution in [1.82, 2.24) is 4.90 Å². The van der Waals surface area contributed by atoms with Crippen LogP contribution in [0.25, 0.3) is 0 Å². The molecular weight excluding hydrogens is 349 g/mol. The van der Waals surface area contributed by atoms with Gasteiger partial charge in [0.2, 0.25) is 11.8 Å². The third-order valence-corrected chi connectivity index (χ3v) is 6.02. The largest absolute Gasteiger partial charge is 0.508 e. The second kappa shape index (κ2) is 6.78. The molecule has 3 aliphatic rings. The lowest BCUT2D eigenvalue weighted by molar-refractivity contribution is -0.138. The van der Waals surface area contributed by atoms with E-state index in [1.54, 1.807) is 31.4 Å². The number of rotatable bonds is 3. The monoisotopic (exact) mass is 371 g/mol. The molecule has 0 aromatic heterocycles. The Morgan fingerprint density at radius 3 is 2.59 bits per heavy atom. The van der Waals surface area contributed by atoms with E-state index in [4.69, 9.17) is 9.39 Å². The number of hydrogen-bond donors (Lipinski definition) is 2. The van der Waals surface area contributed by atoms with Gasteiger partial charge in [0, 0.05) is 14.2 Å². The summed E-state index contributed by atoms with van der Waals surface area (Å²) in [6, 6.07) is 6.61. The van der Waals surface area contributed by atoms with Crippen molar-refractivity contribution in [2.75, 3.05) is 20.8 Å². The Bertz CT molecular complexity index is 807. The number of carbonyl (C=O) groups excluding carboxylic acids is 2. The molecule has 2 N–H and O–H groups in total. The molecule has 27 heavy (non-hydrogen) atoms. The van der Waals surface area contributed by atoms with Crippen LogP contribution in [0.3, 0.4) is 0 Å². The van der Waals surface area contributed by atoms with Crippen LogP contribution in [-0.4, -0.2) is 54.7 Å². The van der Waals surface area contributed by atoms with Gasteiger partial charge in [-0.1, -0.05) is 12.1 Å². The predicted molar refractivity (Wildman–Crippen MR) is 96.3 cm³/mol. The second-order valence-corrected chi connectivity index (χ2v) is 7.47. The van der Waals surface area contributed by atoms with Crippen LogP contribution in [0.2, 0.25) is 0 Å². The molecular formula is C19H22BNO6. The molecule has 2 aliphatic heterocycles. The van der Waals surface area contributed by atoms with E-state index < -0.39 is 25.1 Å². The van der Waals surface area contributed by atoms with E-state index in [9.17, 15) is 19.7 Å². The lowest BCUT2D eigenvalue weighted by Gasteiger charge is -2.42. The first-order valence-corrected chi connectivity index (χ1v) is 9.07. The number of nitrogens with zero attached hydrogens (tertiary/aromatic N) is 1. The number of ether oxygens (including phenoxy) is 1. The summed E-state index contributed by atoms with van der Waals surface area (Å²) in [6.07, 6.45) is 0.466. The average molecular weight is 371 g/mol. The molecule has 142 valence electrons. The summed E-state index contributed by atoms with van der Waals surface area (Å²) >= 11 is 0. The summed E-state index contributed by atoms with van der Waals surface area (Å²) in [6.45, 7) is 0.296. The highest BCUT2D eigenvalue weighted by Gasteiger charge is 2.56. The predicted octanol–water partition coefficient (Wildman–Crippen LogP) is 1.07. The van der Waals surface area contributed by atoms with E-state index in [1.807, 2.05) is 0 Å². The minimum Gasteiger partial charge on any atom is -0.508 e. The molecule has 4 atom stereocenters. The molecule has 4 rings (SSSR count). The molecule has 2 saturated heterocycles. The first-order chi connectivity index (χ1) is 12.9. The van der Waals surface area contributed by atoms with Gasteiger partial charge in [0.05, 0.1) is 24.5 Å². The van der Waals surface area contributed by atoms with Crippen molar-refractivity contribution >= 4 is 18.9 Å². The fourth-order valence-electron chi connectivity index (χ4n) is 4.78. The number of imide groups is 1. The maximum atomic E-state index is 12.8. The number of likely N-dealkylation sites (tertiary alicyclic amines) is 1. The van der Waals surface area contributed by atoms with Crippen LogP contribution in [0.4, 0.5) is 0 Å². The van der Waals surface area contributed by atoms with Crippen LogP contribution in [0.15, 0.2) is 35.3 Å². The Labute approximate surface area is 157 Å². The maximum Gasteiger partial charge on any atom is 0.487 e. The van der Waals surface area contributed by atoms with Gasteiger partial charge >= 0.3 is 7.12 Å². The maximum absolute atomic E-state index is 12.8. The Balaban J connectivity index is 1.73. The van der Waals surface area contributed by atoms with Gasteiger partial charge in [-0.05, 0) is 47.5 Å². The quantitative estimate of drug-likeness (QED) is 0.610. The minimum absolute atomic E-state index is 0.147. The molecule has 0 radical (unpaired) electrons. The summed E-state index contributed by atoms with van der Waals surface area (Å²) in [5, 5.41) is 20.2. The van der Waals surface area contributed by atoms with Crippen molar-refractivity contribution < 1.29 is 29.1 Å². The molecule has 0 saturated carbocycles. The third-order valence-electron chi connectivity index (χ3n) is 6.02. The summed E-state index contributed by atoms with van der Waals surface area (Å²) in [7, 11) is 1.94. The molecule has 2 amide bonds. The lowest BCUT2D eigenvalue weighted by atomic mass is 9.55. The number of amides is 2. The molecule has 8 heteroatoms. The van der Waals surface area contributed by atoms with E-state index in [-0.39, 0.29) is 23.5 Å². The van der Waals surface area contributed by atoms with Crippen LogP contribution in [0.1, 0.15) is 24.5 Å². The number of aromatic hydroxyl groups is 1. The van der Waals surface area contributed by atoms with Crippen LogP contribution < -0.4 is 0 Å². The van der Waals surface area contributed by atoms with Gasteiger partial charge in [0.25, 0.3) is 0 Å². The van der Waals surface area contributed by atoms with Crippen molar-refractivity contribution in [2.45, 2.75) is 18.9 Å². The molecule has 1 aromatic rings. The van der Waals surface area contributed by atoms with E-state index in [0.717, 1.165) is 11.1 Å². The number of allylic oxidation sites excluding steroid dienone is 1. The van der Waals surface area contributed by atoms with Crippen molar-refractivity contribution in [3.05, 3.63) is 40.9 Å². The fourth-order valence-corrected chi connectivity index (χ4v) is 4.78. The topological polar surface area (TPSA) is 96.3 Å². The number of benzene rings is 1. The van der Waals surface area contributed by atoms with Gasteiger partial charge in [0.1, 0.15) is 5.75 Å². The SMILES string of the molecule is COCC1=C2B(O)O[C@H](c3ccc(O)cc3)C[C@H]2[C@H]2C(=O)N(C)C(=O)[C@H]2C1. The van der Waals surface area contributed by atoms with Crippen LogP contribution in [0.5, 0.6) is 5.75 Å². The number of hydrogen-bond acceptors (Lipinski definition) is 6. The molecule has 0 unspecified atom stereocenters. The van der Waals surface area contributed by atoms with E-state index in [0.29, 0.717) is 24.9 Å². The van der Waals surface area contributed by atoms with E-state index >= 15 is 0 Å². The highest BCUT2D eigenvalue weighted by Crippen LogP contribution is 2.51. The Morgan fingerprint density at radius 2 is 1.93 bits per heavy atom. The van der Waals surface area contributed by atoms with E-state index in [2.05, 4.69) is 0 Å².